The van der Waals surface area contributed by atoms with Crippen LogP contribution in [0.4, 0.5) is 0 Å². The summed E-state index contributed by atoms with van der Waals surface area (Å²) < 4.78 is 0. The van der Waals surface area contributed by atoms with Crippen LogP contribution in [0.15, 0.2) is 30.3 Å². The Morgan fingerprint density at radius 3 is 2.45 bits per heavy atom. The van der Waals surface area contributed by atoms with Crippen LogP contribution in [0.5, 0.6) is 0 Å². The number of hydrogen-bond donors (Lipinski definition) is 3. The highest BCUT2D eigenvalue weighted by atomic mass is 16.4. The molecular weight excluding hydrogens is 260 g/mol. The lowest BCUT2D eigenvalue weighted by atomic mass is 10.1. The number of amides is 2. The number of rotatable bonds is 5. The van der Waals surface area contributed by atoms with Crippen LogP contribution in [-0.2, 0) is 14.4 Å². The number of hydrazine groups is 1. The molecule has 106 valence electrons. The molecule has 0 spiro atoms. The Balaban J connectivity index is 1.72. The van der Waals surface area contributed by atoms with Crippen molar-refractivity contribution in [2.24, 2.45) is 5.92 Å². The third-order valence-corrected chi connectivity index (χ3v) is 3.25. The van der Waals surface area contributed by atoms with Crippen LogP contribution in [0.3, 0.4) is 0 Å². The first kappa shape index (κ1) is 14.0. The maximum Gasteiger partial charge on any atom is 0.303 e. The van der Waals surface area contributed by atoms with E-state index in [0.717, 1.165) is 12.0 Å². The molecule has 1 aromatic rings. The molecule has 1 fully saturated rings. The van der Waals surface area contributed by atoms with Gasteiger partial charge in [-0.2, -0.15) is 0 Å². The van der Waals surface area contributed by atoms with Gasteiger partial charge in [-0.1, -0.05) is 30.3 Å². The van der Waals surface area contributed by atoms with E-state index in [2.05, 4.69) is 10.9 Å². The zero-order chi connectivity index (χ0) is 14.5. The van der Waals surface area contributed by atoms with Crippen LogP contribution in [0.25, 0.3) is 0 Å². The van der Waals surface area contributed by atoms with E-state index >= 15 is 0 Å². The summed E-state index contributed by atoms with van der Waals surface area (Å²) in [7, 11) is 0. The number of carbonyl (C=O) groups is 3. The molecule has 0 heterocycles. The summed E-state index contributed by atoms with van der Waals surface area (Å²) in [5.41, 5.74) is 5.68. The van der Waals surface area contributed by atoms with Crippen LogP contribution in [0, 0.1) is 5.92 Å². The van der Waals surface area contributed by atoms with E-state index in [1.807, 2.05) is 30.3 Å². The average Bonchev–Trinajstić information content (AvgIpc) is 3.24. The second kappa shape index (κ2) is 6.18. The zero-order valence-corrected chi connectivity index (χ0v) is 10.8. The van der Waals surface area contributed by atoms with E-state index < -0.39 is 11.9 Å². The Labute approximate surface area is 116 Å². The van der Waals surface area contributed by atoms with E-state index in [1.54, 1.807) is 0 Å². The highest BCUT2D eigenvalue weighted by Crippen LogP contribution is 2.47. The van der Waals surface area contributed by atoms with Gasteiger partial charge in [0.15, 0.2) is 0 Å². The fourth-order valence-electron chi connectivity index (χ4n) is 2.06. The number of aliphatic carboxylic acids is 1. The molecule has 1 aliphatic carbocycles. The summed E-state index contributed by atoms with van der Waals surface area (Å²) in [4.78, 5) is 33.3. The van der Waals surface area contributed by atoms with Gasteiger partial charge >= 0.3 is 5.97 Å². The number of hydrogen-bond acceptors (Lipinski definition) is 3. The van der Waals surface area contributed by atoms with Crippen LogP contribution in [-0.4, -0.2) is 22.9 Å². The molecule has 0 radical (unpaired) electrons. The number of carboxylic acid groups (broad SMARTS) is 1. The van der Waals surface area contributed by atoms with E-state index in [9.17, 15) is 14.4 Å². The zero-order valence-electron chi connectivity index (χ0n) is 10.8. The Bertz CT molecular complexity index is 515. The van der Waals surface area contributed by atoms with Crippen molar-refractivity contribution in [1.29, 1.82) is 0 Å². The summed E-state index contributed by atoms with van der Waals surface area (Å²) in [5.74, 6) is -1.71. The molecule has 6 heteroatoms. The first-order chi connectivity index (χ1) is 9.58. The van der Waals surface area contributed by atoms with Gasteiger partial charge in [-0.3, -0.25) is 25.2 Å². The number of carboxylic acids is 1. The SMILES string of the molecule is O=C(O)CCC(=O)NNC(=O)[C@H]1C[C@H]1c1ccccc1. The van der Waals surface area contributed by atoms with Gasteiger partial charge in [0.25, 0.3) is 0 Å². The normalized spacial score (nSPS) is 20.0. The van der Waals surface area contributed by atoms with E-state index in [4.69, 9.17) is 5.11 Å². The quantitative estimate of drug-likeness (QED) is 0.693. The maximum atomic E-state index is 11.8. The van der Waals surface area contributed by atoms with Crippen molar-refractivity contribution in [3.8, 4) is 0 Å². The number of carbonyl (C=O) groups excluding carboxylic acids is 2. The molecule has 2 amide bonds. The van der Waals surface area contributed by atoms with E-state index in [1.165, 1.54) is 0 Å². The topological polar surface area (TPSA) is 95.5 Å². The number of benzene rings is 1. The van der Waals surface area contributed by atoms with Gasteiger partial charge < -0.3 is 5.11 Å². The van der Waals surface area contributed by atoms with Gasteiger partial charge in [0.1, 0.15) is 0 Å². The fraction of sp³-hybridized carbons (Fsp3) is 0.357. The maximum absolute atomic E-state index is 11.8. The van der Waals surface area contributed by atoms with Crippen molar-refractivity contribution in [1.82, 2.24) is 10.9 Å². The van der Waals surface area contributed by atoms with Crippen molar-refractivity contribution in [2.75, 3.05) is 0 Å². The largest absolute Gasteiger partial charge is 0.481 e. The highest BCUT2D eigenvalue weighted by molar-refractivity contribution is 5.86. The summed E-state index contributed by atoms with van der Waals surface area (Å²) in [6, 6.07) is 9.73. The molecule has 0 saturated heterocycles. The predicted molar refractivity (Wildman–Crippen MR) is 70.4 cm³/mol. The Hall–Kier alpha value is -2.37. The first-order valence-electron chi connectivity index (χ1n) is 6.43. The second-order valence-electron chi connectivity index (χ2n) is 4.79. The third kappa shape index (κ3) is 3.81. The van der Waals surface area contributed by atoms with Crippen LogP contribution in [0.1, 0.15) is 30.7 Å². The lowest BCUT2D eigenvalue weighted by Gasteiger charge is -2.06. The summed E-state index contributed by atoms with van der Waals surface area (Å²) in [6.45, 7) is 0. The molecule has 1 aromatic carbocycles. The van der Waals surface area contributed by atoms with Gasteiger partial charge in [-0.15, -0.1) is 0 Å². The molecule has 1 saturated carbocycles. The molecule has 0 unspecified atom stereocenters. The molecule has 2 rings (SSSR count). The summed E-state index contributed by atoms with van der Waals surface area (Å²) in [5, 5.41) is 8.43. The molecule has 6 nitrogen and oxygen atoms in total. The Kier molecular flexibility index (Phi) is 4.34. The van der Waals surface area contributed by atoms with Crippen molar-refractivity contribution in [2.45, 2.75) is 25.2 Å². The summed E-state index contributed by atoms with van der Waals surface area (Å²) >= 11 is 0. The molecule has 1 aliphatic rings. The minimum Gasteiger partial charge on any atom is -0.481 e. The first-order valence-corrected chi connectivity index (χ1v) is 6.43. The lowest BCUT2D eigenvalue weighted by Crippen LogP contribution is -2.42. The molecule has 0 bridgehead atoms. The van der Waals surface area contributed by atoms with Gasteiger partial charge in [0.05, 0.1) is 6.42 Å². The minimum absolute atomic E-state index is 0.128. The average molecular weight is 276 g/mol. The summed E-state index contributed by atoms with van der Waals surface area (Å²) in [6.07, 6.45) is 0.362. The molecule has 20 heavy (non-hydrogen) atoms. The standard InChI is InChI=1S/C14H16N2O4/c17-12(6-7-13(18)19)15-16-14(20)11-8-10(11)9-4-2-1-3-5-9/h1-5,10-11H,6-8H2,(H,15,17)(H,16,20)(H,18,19)/t10-,11-/m0/s1. The van der Waals surface area contributed by atoms with Crippen LogP contribution in [0.2, 0.25) is 0 Å². The van der Waals surface area contributed by atoms with Crippen LogP contribution < -0.4 is 10.9 Å². The monoisotopic (exact) mass is 276 g/mol. The Morgan fingerprint density at radius 2 is 1.80 bits per heavy atom. The van der Waals surface area contributed by atoms with Crippen molar-refractivity contribution >= 4 is 17.8 Å². The number of nitrogens with one attached hydrogen (secondary N) is 2. The molecule has 2 atom stereocenters. The van der Waals surface area contributed by atoms with E-state index in [-0.39, 0.29) is 30.6 Å². The van der Waals surface area contributed by atoms with Crippen molar-refractivity contribution < 1.29 is 19.5 Å². The smallest absolute Gasteiger partial charge is 0.303 e. The highest BCUT2D eigenvalue weighted by Gasteiger charge is 2.43. The van der Waals surface area contributed by atoms with Gasteiger partial charge in [-0.05, 0) is 17.9 Å². The van der Waals surface area contributed by atoms with Crippen molar-refractivity contribution in [3.05, 3.63) is 35.9 Å². The predicted octanol–water partition coefficient (Wildman–Crippen LogP) is 0.802. The van der Waals surface area contributed by atoms with Gasteiger partial charge in [0, 0.05) is 12.3 Å². The Morgan fingerprint density at radius 1 is 1.10 bits per heavy atom. The second-order valence-corrected chi connectivity index (χ2v) is 4.79. The molecule has 0 aromatic heterocycles. The van der Waals surface area contributed by atoms with Crippen molar-refractivity contribution in [3.63, 3.8) is 0 Å². The minimum atomic E-state index is -1.04. The van der Waals surface area contributed by atoms with Crippen LogP contribution >= 0.6 is 0 Å². The fourth-order valence-corrected chi connectivity index (χ4v) is 2.06. The lowest BCUT2D eigenvalue weighted by molar-refractivity contribution is -0.139. The van der Waals surface area contributed by atoms with Gasteiger partial charge in [0.2, 0.25) is 11.8 Å². The molecule has 0 aliphatic heterocycles. The van der Waals surface area contributed by atoms with Gasteiger partial charge in [-0.25, -0.2) is 0 Å². The molecular formula is C14H16N2O4. The van der Waals surface area contributed by atoms with E-state index in [0.29, 0.717) is 0 Å². The molecule has 3 N–H and O–H groups in total. The third-order valence-electron chi connectivity index (χ3n) is 3.25.